The van der Waals surface area contributed by atoms with Gasteiger partial charge < -0.3 is 4.42 Å². The summed E-state index contributed by atoms with van der Waals surface area (Å²) in [5, 5.41) is 9.22. The van der Waals surface area contributed by atoms with Crippen molar-refractivity contribution in [1.29, 1.82) is 0 Å². The van der Waals surface area contributed by atoms with Gasteiger partial charge in [0.1, 0.15) is 5.58 Å². The first-order valence-electron chi connectivity index (χ1n) is 3.73. The summed E-state index contributed by atoms with van der Waals surface area (Å²) in [4.78, 5) is 11.0. The van der Waals surface area contributed by atoms with Crippen molar-refractivity contribution in [1.82, 2.24) is 5.48 Å². The van der Waals surface area contributed by atoms with E-state index in [4.69, 9.17) is 9.62 Å². The molecule has 1 amide bonds. The molecule has 66 valence electrons. The molecule has 2 rings (SSSR count). The van der Waals surface area contributed by atoms with Crippen LogP contribution in [0.1, 0.15) is 10.4 Å². The van der Waals surface area contributed by atoms with Gasteiger partial charge in [0.05, 0.1) is 6.26 Å². The van der Waals surface area contributed by atoms with Crippen LogP contribution >= 0.6 is 0 Å². The van der Waals surface area contributed by atoms with Crippen LogP contribution in [0.15, 0.2) is 34.9 Å². The quantitative estimate of drug-likeness (QED) is 0.513. The fraction of sp³-hybridized carbons (Fsp3) is 0. The molecule has 0 radical (unpaired) electrons. The highest BCUT2D eigenvalue weighted by Gasteiger charge is 2.05. The lowest BCUT2D eigenvalue weighted by molar-refractivity contribution is 0.0706. The van der Waals surface area contributed by atoms with Crippen LogP contribution in [0.2, 0.25) is 0 Å². The molecule has 4 nitrogen and oxygen atoms in total. The van der Waals surface area contributed by atoms with E-state index in [0.717, 1.165) is 11.0 Å². The van der Waals surface area contributed by atoms with E-state index in [9.17, 15) is 4.79 Å². The summed E-state index contributed by atoms with van der Waals surface area (Å²) in [6, 6.07) is 6.66. The van der Waals surface area contributed by atoms with Gasteiger partial charge in [-0.3, -0.25) is 10.0 Å². The van der Waals surface area contributed by atoms with E-state index in [0.29, 0.717) is 5.56 Å². The molecule has 1 heterocycles. The fourth-order valence-corrected chi connectivity index (χ4v) is 1.17. The summed E-state index contributed by atoms with van der Waals surface area (Å²) in [5.74, 6) is -0.525. The molecule has 0 unspecified atom stereocenters. The third-order valence-corrected chi connectivity index (χ3v) is 1.82. The number of rotatable bonds is 1. The van der Waals surface area contributed by atoms with Crippen LogP contribution in [0.4, 0.5) is 0 Å². The highest BCUT2D eigenvalue weighted by atomic mass is 16.5. The highest BCUT2D eigenvalue weighted by Crippen LogP contribution is 2.16. The average Bonchev–Trinajstić information content (AvgIpc) is 2.63. The Labute approximate surface area is 73.7 Å². The normalized spacial score (nSPS) is 10.2. The SMILES string of the molecule is O=C(NO)c1ccc2occc2c1. The molecule has 4 heteroatoms. The number of hydrogen-bond acceptors (Lipinski definition) is 3. The minimum Gasteiger partial charge on any atom is -0.464 e. The number of nitrogens with one attached hydrogen (secondary N) is 1. The van der Waals surface area contributed by atoms with Gasteiger partial charge in [-0.25, -0.2) is 5.48 Å². The van der Waals surface area contributed by atoms with Crippen molar-refractivity contribution < 1.29 is 14.4 Å². The summed E-state index contributed by atoms with van der Waals surface area (Å²) in [6.07, 6.45) is 1.55. The smallest absolute Gasteiger partial charge is 0.274 e. The first kappa shape index (κ1) is 7.82. The molecule has 1 aromatic carbocycles. The number of furan rings is 1. The molecule has 0 aliphatic rings. The molecule has 0 saturated carbocycles. The first-order valence-corrected chi connectivity index (χ1v) is 3.73. The van der Waals surface area contributed by atoms with Crippen LogP contribution in [0.5, 0.6) is 0 Å². The number of amides is 1. The minimum atomic E-state index is -0.525. The van der Waals surface area contributed by atoms with Crippen LogP contribution in [0.25, 0.3) is 11.0 Å². The molecule has 2 aromatic rings. The molecule has 0 fully saturated rings. The summed E-state index contributed by atoms with van der Waals surface area (Å²) in [6.45, 7) is 0. The lowest BCUT2D eigenvalue weighted by Crippen LogP contribution is -2.18. The monoisotopic (exact) mass is 177 g/mol. The van der Waals surface area contributed by atoms with E-state index in [-0.39, 0.29) is 0 Å². The zero-order valence-corrected chi connectivity index (χ0v) is 6.65. The summed E-state index contributed by atoms with van der Waals surface area (Å²) >= 11 is 0. The molecule has 0 saturated heterocycles. The maximum atomic E-state index is 11.0. The van der Waals surface area contributed by atoms with Gasteiger partial charge in [-0.05, 0) is 24.3 Å². The summed E-state index contributed by atoms with van der Waals surface area (Å²) < 4.78 is 5.09. The molecule has 1 aromatic heterocycles. The Morgan fingerprint density at radius 3 is 3.00 bits per heavy atom. The van der Waals surface area contributed by atoms with Crippen LogP contribution in [-0.2, 0) is 0 Å². The maximum Gasteiger partial charge on any atom is 0.274 e. The van der Waals surface area contributed by atoms with E-state index in [2.05, 4.69) is 0 Å². The number of benzene rings is 1. The van der Waals surface area contributed by atoms with Crippen molar-refractivity contribution in [3.8, 4) is 0 Å². The standard InChI is InChI=1S/C9H7NO3/c11-9(10-12)7-1-2-8-6(5-7)3-4-13-8/h1-5,12H,(H,10,11). The number of fused-ring (bicyclic) bond motifs is 1. The van der Waals surface area contributed by atoms with Crippen LogP contribution in [-0.4, -0.2) is 11.1 Å². The molecule has 13 heavy (non-hydrogen) atoms. The number of carbonyl (C=O) groups excluding carboxylic acids is 1. The second-order valence-corrected chi connectivity index (χ2v) is 2.61. The Morgan fingerprint density at radius 1 is 1.38 bits per heavy atom. The lowest BCUT2D eigenvalue weighted by atomic mass is 10.1. The van der Waals surface area contributed by atoms with Crippen LogP contribution in [0.3, 0.4) is 0 Å². The van der Waals surface area contributed by atoms with Crippen molar-refractivity contribution >= 4 is 16.9 Å². The van der Waals surface area contributed by atoms with Gasteiger partial charge in [-0.1, -0.05) is 0 Å². The van der Waals surface area contributed by atoms with E-state index in [1.807, 2.05) is 0 Å². The van der Waals surface area contributed by atoms with Gasteiger partial charge in [-0.2, -0.15) is 0 Å². The van der Waals surface area contributed by atoms with Gasteiger partial charge in [-0.15, -0.1) is 0 Å². The van der Waals surface area contributed by atoms with Crippen molar-refractivity contribution in [2.45, 2.75) is 0 Å². The third kappa shape index (κ3) is 1.27. The first-order chi connectivity index (χ1) is 6.31. The zero-order valence-electron chi connectivity index (χ0n) is 6.65. The number of hydrogen-bond donors (Lipinski definition) is 2. The molecule has 0 aliphatic heterocycles. The molecular formula is C9H7NO3. The third-order valence-electron chi connectivity index (χ3n) is 1.82. The Kier molecular flexibility index (Phi) is 1.75. The average molecular weight is 177 g/mol. The van der Waals surface area contributed by atoms with E-state index < -0.39 is 5.91 Å². The van der Waals surface area contributed by atoms with Gasteiger partial charge in [0.15, 0.2) is 0 Å². The molecular weight excluding hydrogens is 170 g/mol. The Morgan fingerprint density at radius 2 is 2.23 bits per heavy atom. The second kappa shape index (κ2) is 2.91. The van der Waals surface area contributed by atoms with Crippen LogP contribution < -0.4 is 5.48 Å². The minimum absolute atomic E-state index is 0.399. The number of carbonyl (C=O) groups is 1. The van der Waals surface area contributed by atoms with E-state index in [1.54, 1.807) is 36.0 Å². The molecule has 0 atom stereocenters. The Balaban J connectivity index is 2.54. The Hall–Kier alpha value is -1.81. The predicted octanol–water partition coefficient (Wildman–Crippen LogP) is 1.55. The second-order valence-electron chi connectivity index (χ2n) is 2.61. The van der Waals surface area contributed by atoms with Crippen molar-refractivity contribution in [2.75, 3.05) is 0 Å². The molecule has 2 N–H and O–H groups in total. The topological polar surface area (TPSA) is 62.5 Å². The highest BCUT2D eigenvalue weighted by molar-refractivity contribution is 5.96. The van der Waals surface area contributed by atoms with E-state index >= 15 is 0 Å². The largest absolute Gasteiger partial charge is 0.464 e. The van der Waals surface area contributed by atoms with Crippen molar-refractivity contribution in [2.24, 2.45) is 0 Å². The van der Waals surface area contributed by atoms with Gasteiger partial charge in [0.25, 0.3) is 5.91 Å². The summed E-state index contributed by atoms with van der Waals surface area (Å²) in [7, 11) is 0. The van der Waals surface area contributed by atoms with Crippen molar-refractivity contribution in [3.05, 3.63) is 36.1 Å². The van der Waals surface area contributed by atoms with Gasteiger partial charge in [0.2, 0.25) is 0 Å². The van der Waals surface area contributed by atoms with Crippen molar-refractivity contribution in [3.63, 3.8) is 0 Å². The van der Waals surface area contributed by atoms with Gasteiger partial charge in [0, 0.05) is 10.9 Å². The number of hydroxylamine groups is 1. The van der Waals surface area contributed by atoms with Crippen LogP contribution in [0, 0.1) is 0 Å². The predicted molar refractivity (Wildman–Crippen MR) is 45.5 cm³/mol. The Bertz CT molecular complexity index is 447. The lowest BCUT2D eigenvalue weighted by Gasteiger charge is -1.97. The van der Waals surface area contributed by atoms with E-state index in [1.165, 1.54) is 0 Å². The maximum absolute atomic E-state index is 11.0. The van der Waals surface area contributed by atoms with Gasteiger partial charge >= 0.3 is 0 Å². The molecule has 0 bridgehead atoms. The zero-order chi connectivity index (χ0) is 9.26. The fourth-order valence-electron chi connectivity index (χ4n) is 1.17. The molecule has 0 aliphatic carbocycles. The summed E-state index contributed by atoms with van der Waals surface area (Å²) in [5.41, 5.74) is 2.69. The molecule has 0 spiro atoms.